The molecule has 2 N–H and O–H groups in total. The van der Waals surface area contributed by atoms with Gasteiger partial charge in [0.25, 0.3) is 5.91 Å². The summed E-state index contributed by atoms with van der Waals surface area (Å²) in [7, 11) is 0. The van der Waals surface area contributed by atoms with E-state index >= 15 is 0 Å². The number of hydrogen-bond acceptors (Lipinski definition) is 3. The maximum atomic E-state index is 11.9. The van der Waals surface area contributed by atoms with Crippen molar-refractivity contribution in [1.82, 2.24) is 5.43 Å². The molecule has 0 unspecified atom stereocenters. The molecule has 2 aromatic rings. The zero-order valence-electron chi connectivity index (χ0n) is 10.8. The number of benzene rings is 2. The lowest BCUT2D eigenvalue weighted by atomic mass is 10.1. The predicted molar refractivity (Wildman–Crippen MR) is 81.9 cm³/mol. The molecule has 0 aliphatic rings. The van der Waals surface area contributed by atoms with E-state index in [-0.39, 0.29) is 11.7 Å². The van der Waals surface area contributed by atoms with Crippen LogP contribution in [0.5, 0.6) is 5.75 Å². The highest BCUT2D eigenvalue weighted by molar-refractivity contribution is 9.10. The normalized spacial score (nSPS) is 11.2. The molecule has 0 heterocycles. The van der Waals surface area contributed by atoms with Crippen molar-refractivity contribution < 1.29 is 9.90 Å². The fourth-order valence-corrected chi connectivity index (χ4v) is 2.02. The predicted octanol–water partition coefficient (Wildman–Crippen LogP) is 3.31. The van der Waals surface area contributed by atoms with Crippen LogP contribution in [0.3, 0.4) is 0 Å². The van der Waals surface area contributed by atoms with E-state index in [4.69, 9.17) is 0 Å². The zero-order chi connectivity index (χ0) is 14.5. The van der Waals surface area contributed by atoms with E-state index in [1.807, 2.05) is 31.2 Å². The van der Waals surface area contributed by atoms with Crippen molar-refractivity contribution in [3.63, 3.8) is 0 Å². The topological polar surface area (TPSA) is 61.7 Å². The number of amides is 1. The molecule has 0 aliphatic heterocycles. The van der Waals surface area contributed by atoms with Gasteiger partial charge in [0.2, 0.25) is 0 Å². The molecule has 2 aromatic carbocycles. The first-order chi connectivity index (χ1) is 9.56. The Kier molecular flexibility index (Phi) is 4.53. The molecule has 0 bridgehead atoms. The Morgan fingerprint density at radius 1 is 1.15 bits per heavy atom. The van der Waals surface area contributed by atoms with Crippen molar-refractivity contribution in [3.05, 3.63) is 64.1 Å². The van der Waals surface area contributed by atoms with E-state index in [0.29, 0.717) is 11.3 Å². The number of aromatic hydroxyl groups is 1. The second-order valence-corrected chi connectivity index (χ2v) is 5.11. The average Bonchev–Trinajstić information content (AvgIpc) is 2.44. The molecule has 0 saturated heterocycles. The van der Waals surface area contributed by atoms with Gasteiger partial charge >= 0.3 is 0 Å². The number of carbonyl (C=O) groups excluding carboxylic acids is 1. The molecule has 0 fully saturated rings. The number of hydrogen-bond donors (Lipinski definition) is 2. The standard InChI is InChI=1S/C15H13BrN2O2/c1-10(11-4-2-6-13(16)8-11)17-18-15(20)12-5-3-7-14(19)9-12/h2-9,19H,1H3,(H,18,20)/b17-10-. The van der Waals surface area contributed by atoms with Crippen LogP contribution in [-0.4, -0.2) is 16.7 Å². The van der Waals surface area contributed by atoms with Gasteiger partial charge in [0.05, 0.1) is 5.71 Å². The summed E-state index contributed by atoms with van der Waals surface area (Å²) in [6.07, 6.45) is 0. The Morgan fingerprint density at radius 3 is 2.55 bits per heavy atom. The van der Waals surface area contributed by atoms with E-state index in [9.17, 15) is 9.90 Å². The van der Waals surface area contributed by atoms with Crippen LogP contribution in [0.2, 0.25) is 0 Å². The molecular weight excluding hydrogens is 320 g/mol. The summed E-state index contributed by atoms with van der Waals surface area (Å²) >= 11 is 3.39. The SMILES string of the molecule is C/C(=N/NC(=O)c1cccc(O)c1)c1cccc(Br)c1. The van der Waals surface area contributed by atoms with Gasteiger partial charge in [0.15, 0.2) is 0 Å². The molecule has 1 amide bonds. The fourth-order valence-electron chi connectivity index (χ4n) is 1.62. The number of nitrogens with one attached hydrogen (secondary N) is 1. The minimum absolute atomic E-state index is 0.0466. The van der Waals surface area contributed by atoms with E-state index in [2.05, 4.69) is 26.5 Å². The lowest BCUT2D eigenvalue weighted by Crippen LogP contribution is -2.19. The fraction of sp³-hybridized carbons (Fsp3) is 0.0667. The lowest BCUT2D eigenvalue weighted by Gasteiger charge is -2.04. The van der Waals surface area contributed by atoms with Gasteiger partial charge in [-0.3, -0.25) is 4.79 Å². The molecular formula is C15H13BrN2O2. The lowest BCUT2D eigenvalue weighted by molar-refractivity contribution is 0.0954. The van der Waals surface area contributed by atoms with Crippen LogP contribution < -0.4 is 5.43 Å². The summed E-state index contributed by atoms with van der Waals surface area (Å²) in [6.45, 7) is 1.81. The minimum atomic E-state index is -0.366. The maximum absolute atomic E-state index is 11.9. The Bertz CT molecular complexity index is 668. The van der Waals surface area contributed by atoms with Crippen LogP contribution in [0.4, 0.5) is 0 Å². The Labute approximate surface area is 125 Å². The van der Waals surface area contributed by atoms with Crippen molar-refractivity contribution in [2.24, 2.45) is 5.10 Å². The summed E-state index contributed by atoms with van der Waals surface area (Å²) in [6, 6.07) is 13.8. The maximum Gasteiger partial charge on any atom is 0.271 e. The highest BCUT2D eigenvalue weighted by Crippen LogP contribution is 2.13. The van der Waals surface area contributed by atoms with E-state index < -0.39 is 0 Å². The molecule has 0 radical (unpaired) electrons. The largest absolute Gasteiger partial charge is 0.508 e. The van der Waals surface area contributed by atoms with Crippen LogP contribution in [0.25, 0.3) is 0 Å². The van der Waals surface area contributed by atoms with Crippen LogP contribution in [0.15, 0.2) is 58.1 Å². The molecule has 0 atom stereocenters. The Morgan fingerprint density at radius 2 is 1.85 bits per heavy atom. The molecule has 2 rings (SSSR count). The second-order valence-electron chi connectivity index (χ2n) is 4.20. The summed E-state index contributed by atoms with van der Waals surface area (Å²) in [5.74, 6) is -0.319. The number of rotatable bonds is 3. The van der Waals surface area contributed by atoms with E-state index in [0.717, 1.165) is 10.0 Å². The Hall–Kier alpha value is -2.14. The molecule has 102 valence electrons. The molecule has 4 nitrogen and oxygen atoms in total. The van der Waals surface area contributed by atoms with Gasteiger partial charge in [0.1, 0.15) is 5.75 Å². The zero-order valence-corrected chi connectivity index (χ0v) is 12.4. The smallest absolute Gasteiger partial charge is 0.271 e. The summed E-state index contributed by atoms with van der Waals surface area (Å²) in [5, 5.41) is 13.4. The number of halogens is 1. The summed E-state index contributed by atoms with van der Waals surface area (Å²) in [4.78, 5) is 11.9. The number of nitrogens with zero attached hydrogens (tertiary/aromatic N) is 1. The van der Waals surface area contributed by atoms with Crippen LogP contribution in [0.1, 0.15) is 22.8 Å². The minimum Gasteiger partial charge on any atom is -0.508 e. The van der Waals surface area contributed by atoms with Crippen molar-refractivity contribution in [1.29, 1.82) is 0 Å². The first kappa shape index (κ1) is 14.3. The number of phenolic OH excluding ortho intramolecular Hbond substituents is 1. The summed E-state index contributed by atoms with van der Waals surface area (Å²) in [5.41, 5.74) is 4.43. The number of carbonyl (C=O) groups is 1. The van der Waals surface area contributed by atoms with Crippen molar-refractivity contribution in [3.8, 4) is 5.75 Å². The quantitative estimate of drug-likeness (QED) is 0.669. The van der Waals surface area contributed by atoms with E-state index in [1.165, 1.54) is 12.1 Å². The van der Waals surface area contributed by atoms with E-state index in [1.54, 1.807) is 12.1 Å². The first-order valence-corrected chi connectivity index (χ1v) is 6.75. The highest BCUT2D eigenvalue weighted by atomic mass is 79.9. The van der Waals surface area contributed by atoms with Gasteiger partial charge in [0, 0.05) is 10.0 Å². The monoisotopic (exact) mass is 332 g/mol. The molecule has 5 heteroatoms. The third-order valence-corrected chi connectivity index (χ3v) is 3.17. The van der Waals surface area contributed by atoms with Gasteiger partial charge in [-0.1, -0.05) is 34.1 Å². The average molecular weight is 333 g/mol. The third kappa shape index (κ3) is 3.68. The van der Waals surface area contributed by atoms with Crippen molar-refractivity contribution >= 4 is 27.5 Å². The van der Waals surface area contributed by atoms with Gasteiger partial charge in [-0.2, -0.15) is 5.10 Å². The first-order valence-electron chi connectivity index (χ1n) is 5.96. The van der Waals surface area contributed by atoms with Crippen LogP contribution in [0, 0.1) is 0 Å². The second kappa shape index (κ2) is 6.34. The molecule has 0 spiro atoms. The van der Waals surface area contributed by atoms with Crippen LogP contribution >= 0.6 is 15.9 Å². The van der Waals surface area contributed by atoms with Gasteiger partial charge in [-0.05, 0) is 42.8 Å². The summed E-state index contributed by atoms with van der Waals surface area (Å²) < 4.78 is 0.948. The number of phenols is 1. The van der Waals surface area contributed by atoms with Crippen molar-refractivity contribution in [2.75, 3.05) is 0 Å². The number of hydrazone groups is 1. The van der Waals surface area contributed by atoms with Gasteiger partial charge < -0.3 is 5.11 Å². The van der Waals surface area contributed by atoms with Gasteiger partial charge in [-0.15, -0.1) is 0 Å². The van der Waals surface area contributed by atoms with Crippen molar-refractivity contribution in [2.45, 2.75) is 6.92 Å². The molecule has 0 saturated carbocycles. The Balaban J connectivity index is 2.11. The molecule has 20 heavy (non-hydrogen) atoms. The highest BCUT2D eigenvalue weighted by Gasteiger charge is 2.05. The third-order valence-electron chi connectivity index (χ3n) is 2.68. The molecule has 0 aromatic heterocycles. The molecule has 0 aliphatic carbocycles. The van der Waals surface area contributed by atoms with Crippen LogP contribution in [-0.2, 0) is 0 Å². The van der Waals surface area contributed by atoms with Gasteiger partial charge in [-0.25, -0.2) is 5.43 Å².